The van der Waals surface area contributed by atoms with Crippen LogP contribution in [-0.4, -0.2) is 25.7 Å². The molecule has 0 radical (unpaired) electrons. The molecule has 0 N–H and O–H groups in total. The molecule has 0 fully saturated rings. The van der Waals surface area contributed by atoms with Crippen LogP contribution in [0.5, 0.6) is 11.5 Å². The van der Waals surface area contributed by atoms with Crippen LogP contribution in [0.25, 0.3) is 0 Å². The average molecular weight is 290 g/mol. The molecule has 108 valence electrons. The molecule has 0 aliphatic carbocycles. The first-order valence-corrected chi connectivity index (χ1v) is 7.10. The number of aryl methyl sites for hydroxylation is 2. The number of ketones is 1. The Kier molecular flexibility index (Phi) is 8.52. The number of hydrogen-bond acceptors (Lipinski definition) is 3. The predicted molar refractivity (Wildman–Crippen MR) is 82.9 cm³/mol. The molecule has 0 saturated carbocycles. The summed E-state index contributed by atoms with van der Waals surface area (Å²) in [4.78, 5) is 12.4. The van der Waals surface area contributed by atoms with E-state index in [1.54, 1.807) is 14.2 Å². The maximum Gasteiger partial charge on any atom is 1.00 e. The Hall–Kier alpha value is -0.483. The minimum absolute atomic E-state index is 0. The van der Waals surface area contributed by atoms with Gasteiger partial charge in [0.15, 0.2) is 5.78 Å². The van der Waals surface area contributed by atoms with Crippen molar-refractivity contribution in [3.05, 3.63) is 22.8 Å². The zero-order valence-electron chi connectivity index (χ0n) is 14.4. The van der Waals surface area contributed by atoms with Crippen LogP contribution in [0.15, 0.2) is 6.07 Å². The predicted octanol–water partition coefficient (Wildman–Crippen LogP) is 0.664. The van der Waals surface area contributed by atoms with Crippen LogP contribution in [0.2, 0.25) is 0 Å². The molecule has 0 saturated heterocycles. The Morgan fingerprint density at radius 1 is 1.25 bits per heavy atom. The SMILES string of the molecule is COc1c(C)cc(C)c(OC)c1C(=O)CCC(C)P.[H-].[Li+]. The summed E-state index contributed by atoms with van der Waals surface area (Å²) in [6, 6.07) is 1.98. The fourth-order valence-corrected chi connectivity index (χ4v) is 2.38. The maximum atomic E-state index is 12.4. The van der Waals surface area contributed by atoms with Gasteiger partial charge in [-0.2, -0.15) is 0 Å². The van der Waals surface area contributed by atoms with Gasteiger partial charge >= 0.3 is 18.9 Å². The summed E-state index contributed by atoms with van der Waals surface area (Å²) >= 11 is 0. The van der Waals surface area contributed by atoms with Crippen LogP contribution in [0.3, 0.4) is 0 Å². The van der Waals surface area contributed by atoms with Gasteiger partial charge in [0.05, 0.1) is 14.2 Å². The molecule has 0 aliphatic rings. The number of carbonyl (C=O) groups is 1. The van der Waals surface area contributed by atoms with Gasteiger partial charge in [-0.25, -0.2) is 0 Å². The van der Waals surface area contributed by atoms with E-state index in [-0.39, 0.29) is 26.1 Å². The number of ether oxygens (including phenoxy) is 2. The minimum Gasteiger partial charge on any atom is -1.00 e. The summed E-state index contributed by atoms with van der Waals surface area (Å²) in [5.74, 6) is 1.34. The third kappa shape index (κ3) is 4.52. The second-order valence-corrected chi connectivity index (χ2v) is 6.03. The molecule has 20 heavy (non-hydrogen) atoms. The molecule has 1 aromatic carbocycles. The summed E-state index contributed by atoms with van der Waals surface area (Å²) < 4.78 is 10.8. The Balaban J connectivity index is 0. The van der Waals surface area contributed by atoms with Crippen molar-refractivity contribution in [1.82, 2.24) is 0 Å². The topological polar surface area (TPSA) is 35.5 Å². The van der Waals surface area contributed by atoms with Crippen LogP contribution in [-0.2, 0) is 0 Å². The first kappa shape index (κ1) is 19.5. The van der Waals surface area contributed by atoms with Crippen LogP contribution >= 0.6 is 9.24 Å². The van der Waals surface area contributed by atoms with Crippen LogP contribution < -0.4 is 28.3 Å². The number of benzene rings is 1. The first-order chi connectivity index (χ1) is 8.92. The monoisotopic (exact) mass is 290 g/mol. The van der Waals surface area contributed by atoms with Crippen molar-refractivity contribution in [2.45, 2.75) is 39.3 Å². The van der Waals surface area contributed by atoms with E-state index in [9.17, 15) is 4.79 Å². The molecular formula is C15H24LiO3P. The Labute approximate surface area is 137 Å². The zero-order chi connectivity index (χ0) is 14.6. The van der Waals surface area contributed by atoms with E-state index in [1.165, 1.54) is 0 Å². The molecule has 0 spiro atoms. The van der Waals surface area contributed by atoms with E-state index < -0.39 is 0 Å². The van der Waals surface area contributed by atoms with Crippen molar-refractivity contribution in [3.8, 4) is 11.5 Å². The zero-order valence-corrected chi connectivity index (χ0v) is 14.5. The molecule has 1 aromatic rings. The molecule has 2 unspecified atom stereocenters. The number of rotatable bonds is 6. The van der Waals surface area contributed by atoms with Gasteiger partial charge in [-0.1, -0.05) is 6.92 Å². The van der Waals surface area contributed by atoms with Crippen molar-refractivity contribution >= 4 is 15.0 Å². The summed E-state index contributed by atoms with van der Waals surface area (Å²) in [7, 11) is 5.89. The number of methoxy groups -OCH3 is 2. The van der Waals surface area contributed by atoms with E-state index >= 15 is 0 Å². The Morgan fingerprint density at radius 3 is 2.05 bits per heavy atom. The summed E-state index contributed by atoms with van der Waals surface area (Å²) in [6.45, 7) is 5.97. The van der Waals surface area contributed by atoms with Gasteiger partial charge in [0.25, 0.3) is 0 Å². The fraction of sp³-hybridized carbons (Fsp3) is 0.533. The third-order valence-corrected chi connectivity index (χ3v) is 3.45. The van der Waals surface area contributed by atoms with Crippen molar-refractivity contribution in [2.24, 2.45) is 0 Å². The summed E-state index contributed by atoms with van der Waals surface area (Å²) in [5, 5.41) is 0. The maximum absolute atomic E-state index is 12.4. The largest absolute Gasteiger partial charge is 1.00 e. The van der Waals surface area contributed by atoms with E-state index in [1.807, 2.05) is 19.9 Å². The van der Waals surface area contributed by atoms with Crippen molar-refractivity contribution in [2.75, 3.05) is 14.2 Å². The molecule has 1 rings (SSSR count). The van der Waals surface area contributed by atoms with Crippen LogP contribution in [0.1, 0.15) is 42.7 Å². The van der Waals surface area contributed by atoms with Crippen molar-refractivity contribution < 1.29 is 34.6 Å². The number of carbonyl (C=O) groups excluding carboxylic acids is 1. The van der Waals surface area contributed by atoms with E-state index in [0.717, 1.165) is 17.5 Å². The summed E-state index contributed by atoms with van der Waals surface area (Å²) in [5.41, 5.74) is 2.92. The Bertz CT molecular complexity index is 450. The number of hydrogen-bond donors (Lipinski definition) is 0. The van der Waals surface area contributed by atoms with E-state index in [2.05, 4.69) is 16.2 Å². The summed E-state index contributed by atoms with van der Waals surface area (Å²) in [6.07, 6.45) is 1.34. The van der Waals surface area contributed by atoms with Crippen molar-refractivity contribution in [3.63, 3.8) is 0 Å². The van der Waals surface area contributed by atoms with E-state index in [4.69, 9.17) is 9.47 Å². The van der Waals surface area contributed by atoms with Gasteiger partial charge in [-0.15, -0.1) is 9.24 Å². The Morgan fingerprint density at radius 2 is 1.70 bits per heavy atom. The van der Waals surface area contributed by atoms with Gasteiger partial charge in [-0.05, 0) is 43.1 Å². The molecule has 0 aromatic heterocycles. The second-order valence-electron chi connectivity index (χ2n) is 4.89. The van der Waals surface area contributed by atoms with Crippen LogP contribution in [0.4, 0.5) is 0 Å². The van der Waals surface area contributed by atoms with Gasteiger partial charge in [0.1, 0.15) is 17.1 Å². The molecule has 2 atom stereocenters. The smallest absolute Gasteiger partial charge is 1.00 e. The molecule has 3 nitrogen and oxygen atoms in total. The molecule has 5 heteroatoms. The second kappa shape index (κ2) is 8.73. The van der Waals surface area contributed by atoms with Crippen molar-refractivity contribution in [1.29, 1.82) is 0 Å². The normalized spacial score (nSPS) is 11.5. The van der Waals surface area contributed by atoms with Gasteiger partial charge in [0, 0.05) is 6.42 Å². The standard InChI is InChI=1S/C15H23O3P.Li.H/c1-9-8-10(2)15(18-5)13(14(9)17-4)12(16)7-6-11(3)19;;/h8,11H,6-7,19H2,1-5H3;;/q;+1;-1. The molecule has 0 bridgehead atoms. The number of Topliss-reactive ketones (excluding diaryl/α,β-unsaturated/α-hetero) is 1. The van der Waals surface area contributed by atoms with Crippen LogP contribution in [0, 0.1) is 13.8 Å². The molecular weight excluding hydrogens is 266 g/mol. The molecule has 0 aliphatic heterocycles. The quantitative estimate of drug-likeness (QED) is 0.439. The first-order valence-electron chi connectivity index (χ1n) is 6.43. The average Bonchev–Trinajstić information content (AvgIpc) is 2.35. The molecule has 0 heterocycles. The third-order valence-electron chi connectivity index (χ3n) is 3.12. The minimum atomic E-state index is 0. The van der Waals surface area contributed by atoms with Gasteiger partial charge < -0.3 is 10.9 Å². The molecule has 0 amide bonds. The van der Waals surface area contributed by atoms with E-state index in [0.29, 0.717) is 29.1 Å². The van der Waals surface area contributed by atoms with Gasteiger partial charge in [-0.3, -0.25) is 4.79 Å². The fourth-order valence-electron chi connectivity index (χ4n) is 2.22. The van der Waals surface area contributed by atoms with Gasteiger partial charge in [0.2, 0.25) is 0 Å².